The Morgan fingerprint density at radius 3 is 1.50 bits per heavy atom. The lowest BCUT2D eigenvalue weighted by atomic mass is 10.2. The van der Waals surface area contributed by atoms with Crippen molar-refractivity contribution >= 4 is 5.97 Å². The van der Waals surface area contributed by atoms with Crippen LogP contribution in [0.25, 0.3) is 0 Å². The molecule has 5 heteroatoms. The maximum atomic E-state index is 11.1. The van der Waals surface area contributed by atoms with E-state index < -0.39 is 0 Å². The standard InChI is InChI=1S/C9H10O3.C8H10O2/c1-11-8-6-4-3-5-7(8)9(10)12-2;1-9-7-5-3-4-6-8(7)10-2/h3-6H,1-2H3;3-6H,1-2H3. The minimum Gasteiger partial charge on any atom is -0.496 e. The van der Waals surface area contributed by atoms with Gasteiger partial charge in [0.25, 0.3) is 0 Å². The Bertz CT molecular complexity index is 572. The summed E-state index contributed by atoms with van der Waals surface area (Å²) in [5, 5.41) is 0. The molecule has 0 fully saturated rings. The first-order valence-electron chi connectivity index (χ1n) is 6.56. The summed E-state index contributed by atoms with van der Waals surface area (Å²) in [6.07, 6.45) is 0. The van der Waals surface area contributed by atoms with Crippen molar-refractivity contribution in [2.75, 3.05) is 28.4 Å². The van der Waals surface area contributed by atoms with Gasteiger partial charge < -0.3 is 18.9 Å². The molecule has 0 saturated heterocycles. The van der Waals surface area contributed by atoms with Crippen LogP contribution in [-0.4, -0.2) is 34.4 Å². The zero-order valence-electron chi connectivity index (χ0n) is 13.2. The molecule has 2 rings (SSSR count). The molecule has 118 valence electrons. The Morgan fingerprint density at radius 1 is 0.682 bits per heavy atom. The number of hydrogen-bond acceptors (Lipinski definition) is 5. The quantitative estimate of drug-likeness (QED) is 0.812. The number of hydrogen-bond donors (Lipinski definition) is 0. The Morgan fingerprint density at radius 2 is 1.09 bits per heavy atom. The van der Waals surface area contributed by atoms with Crippen LogP contribution in [0.4, 0.5) is 0 Å². The molecule has 0 aliphatic rings. The molecule has 0 unspecified atom stereocenters. The van der Waals surface area contributed by atoms with Gasteiger partial charge in [-0.05, 0) is 24.3 Å². The Labute approximate surface area is 130 Å². The zero-order chi connectivity index (χ0) is 16.4. The fourth-order valence-electron chi connectivity index (χ4n) is 1.71. The van der Waals surface area contributed by atoms with E-state index in [4.69, 9.17) is 14.2 Å². The molecule has 0 aromatic heterocycles. The van der Waals surface area contributed by atoms with E-state index in [2.05, 4.69) is 4.74 Å². The third-order valence-electron chi connectivity index (χ3n) is 2.80. The van der Waals surface area contributed by atoms with E-state index in [1.54, 1.807) is 38.5 Å². The Hall–Kier alpha value is -2.69. The van der Waals surface area contributed by atoms with E-state index >= 15 is 0 Å². The summed E-state index contributed by atoms with van der Waals surface area (Å²) < 4.78 is 19.5. The van der Waals surface area contributed by atoms with E-state index in [9.17, 15) is 4.79 Å². The average molecular weight is 304 g/mol. The van der Waals surface area contributed by atoms with Crippen molar-refractivity contribution in [1.29, 1.82) is 0 Å². The third-order valence-corrected chi connectivity index (χ3v) is 2.80. The van der Waals surface area contributed by atoms with Gasteiger partial charge >= 0.3 is 5.97 Å². The molecule has 0 bridgehead atoms. The van der Waals surface area contributed by atoms with Crippen molar-refractivity contribution in [3.05, 3.63) is 54.1 Å². The van der Waals surface area contributed by atoms with Crippen LogP contribution in [0.15, 0.2) is 48.5 Å². The van der Waals surface area contributed by atoms with E-state index in [1.165, 1.54) is 14.2 Å². The van der Waals surface area contributed by atoms with Gasteiger partial charge in [0.05, 0.1) is 28.4 Å². The molecule has 2 aromatic rings. The SMILES string of the molecule is COC(=O)c1ccccc1OC.COc1ccccc1OC. The summed E-state index contributed by atoms with van der Waals surface area (Å²) in [6, 6.07) is 14.5. The maximum absolute atomic E-state index is 11.1. The third kappa shape index (κ3) is 4.70. The highest BCUT2D eigenvalue weighted by Crippen LogP contribution is 2.24. The predicted octanol–water partition coefficient (Wildman–Crippen LogP) is 3.19. The zero-order valence-corrected chi connectivity index (χ0v) is 13.2. The second kappa shape index (κ2) is 9.28. The molecule has 0 spiro atoms. The van der Waals surface area contributed by atoms with Crippen LogP contribution < -0.4 is 14.2 Å². The lowest BCUT2D eigenvalue weighted by Gasteiger charge is -2.04. The van der Waals surface area contributed by atoms with Gasteiger partial charge in [-0.1, -0.05) is 24.3 Å². The van der Waals surface area contributed by atoms with Crippen molar-refractivity contribution < 1.29 is 23.7 Å². The summed E-state index contributed by atoms with van der Waals surface area (Å²) in [7, 11) is 6.10. The largest absolute Gasteiger partial charge is 0.496 e. The summed E-state index contributed by atoms with van der Waals surface area (Å²) in [6.45, 7) is 0. The highest BCUT2D eigenvalue weighted by Gasteiger charge is 2.10. The van der Waals surface area contributed by atoms with E-state index in [1.807, 2.05) is 24.3 Å². The highest BCUT2D eigenvalue weighted by atomic mass is 16.5. The van der Waals surface area contributed by atoms with Crippen molar-refractivity contribution in [2.24, 2.45) is 0 Å². The van der Waals surface area contributed by atoms with E-state index in [0.29, 0.717) is 11.3 Å². The van der Waals surface area contributed by atoms with E-state index in [0.717, 1.165) is 11.5 Å². The molecule has 2 aromatic carbocycles. The molecule has 0 heterocycles. The van der Waals surface area contributed by atoms with Gasteiger partial charge in [-0.25, -0.2) is 4.79 Å². The van der Waals surface area contributed by atoms with Crippen LogP contribution in [0.5, 0.6) is 17.2 Å². The highest BCUT2D eigenvalue weighted by molar-refractivity contribution is 5.92. The first-order valence-corrected chi connectivity index (χ1v) is 6.56. The molecule has 0 radical (unpaired) electrons. The lowest BCUT2D eigenvalue weighted by Crippen LogP contribution is -2.03. The summed E-state index contributed by atoms with van der Waals surface area (Å²) in [5.74, 6) is 1.69. The molecule has 0 aliphatic carbocycles. The normalized spacial score (nSPS) is 9.09. The van der Waals surface area contributed by atoms with Crippen molar-refractivity contribution in [3.63, 3.8) is 0 Å². The number of carbonyl (C=O) groups excluding carboxylic acids is 1. The number of methoxy groups -OCH3 is 4. The Kier molecular flexibility index (Phi) is 7.33. The van der Waals surface area contributed by atoms with Crippen LogP contribution in [0, 0.1) is 0 Å². The van der Waals surface area contributed by atoms with Crippen LogP contribution in [0.3, 0.4) is 0 Å². The second-order valence-electron chi connectivity index (χ2n) is 4.05. The number of ether oxygens (including phenoxy) is 4. The number of rotatable bonds is 4. The predicted molar refractivity (Wildman–Crippen MR) is 83.9 cm³/mol. The van der Waals surface area contributed by atoms with Crippen molar-refractivity contribution in [3.8, 4) is 17.2 Å². The fourth-order valence-corrected chi connectivity index (χ4v) is 1.71. The molecule has 0 N–H and O–H groups in total. The molecule has 0 amide bonds. The van der Waals surface area contributed by atoms with E-state index in [-0.39, 0.29) is 5.97 Å². The van der Waals surface area contributed by atoms with Gasteiger partial charge in [0.15, 0.2) is 11.5 Å². The van der Waals surface area contributed by atoms with Crippen molar-refractivity contribution in [2.45, 2.75) is 0 Å². The molecule has 5 nitrogen and oxygen atoms in total. The first kappa shape index (κ1) is 17.4. The Balaban J connectivity index is 0.000000224. The molecule has 0 saturated carbocycles. The first-order chi connectivity index (χ1) is 10.7. The minimum absolute atomic E-state index is 0.382. The number of para-hydroxylation sites is 3. The van der Waals surface area contributed by atoms with Crippen molar-refractivity contribution in [1.82, 2.24) is 0 Å². The second-order valence-corrected chi connectivity index (χ2v) is 4.05. The van der Waals surface area contributed by atoms with Crippen LogP contribution in [0.2, 0.25) is 0 Å². The lowest BCUT2D eigenvalue weighted by molar-refractivity contribution is 0.0597. The molecule has 22 heavy (non-hydrogen) atoms. The topological polar surface area (TPSA) is 54.0 Å². The molecular weight excluding hydrogens is 284 g/mol. The van der Waals surface area contributed by atoms with Crippen LogP contribution in [-0.2, 0) is 4.74 Å². The van der Waals surface area contributed by atoms with Gasteiger partial charge in [-0.2, -0.15) is 0 Å². The summed E-state index contributed by atoms with van der Waals surface area (Å²) >= 11 is 0. The summed E-state index contributed by atoms with van der Waals surface area (Å²) in [5.41, 5.74) is 0.447. The fraction of sp³-hybridized carbons (Fsp3) is 0.235. The van der Waals surface area contributed by atoms with Gasteiger partial charge in [0.2, 0.25) is 0 Å². The minimum atomic E-state index is -0.382. The summed E-state index contributed by atoms with van der Waals surface area (Å²) in [4.78, 5) is 11.1. The van der Waals surface area contributed by atoms with Gasteiger partial charge in [0, 0.05) is 0 Å². The van der Waals surface area contributed by atoms with Crippen LogP contribution >= 0.6 is 0 Å². The van der Waals surface area contributed by atoms with Crippen LogP contribution in [0.1, 0.15) is 10.4 Å². The number of carbonyl (C=O) groups is 1. The number of esters is 1. The van der Waals surface area contributed by atoms with Gasteiger partial charge in [-0.3, -0.25) is 0 Å². The van der Waals surface area contributed by atoms with Gasteiger partial charge in [-0.15, -0.1) is 0 Å². The molecule has 0 aliphatic heterocycles. The average Bonchev–Trinajstić information content (AvgIpc) is 2.61. The monoisotopic (exact) mass is 304 g/mol. The maximum Gasteiger partial charge on any atom is 0.341 e. The van der Waals surface area contributed by atoms with Gasteiger partial charge in [0.1, 0.15) is 11.3 Å². The number of benzene rings is 2. The molecule has 0 atom stereocenters. The molecular formula is C17H20O5. The smallest absolute Gasteiger partial charge is 0.341 e.